The van der Waals surface area contributed by atoms with Crippen LogP contribution >= 0.6 is 0 Å². The van der Waals surface area contributed by atoms with E-state index in [4.69, 9.17) is 14.2 Å². The van der Waals surface area contributed by atoms with Crippen LogP contribution < -0.4 is 9.47 Å². The molecular formula is C20H23NO6S. The van der Waals surface area contributed by atoms with Gasteiger partial charge in [0.05, 0.1) is 37.8 Å². The van der Waals surface area contributed by atoms with Gasteiger partial charge in [0, 0.05) is 6.54 Å². The molecule has 28 heavy (non-hydrogen) atoms. The summed E-state index contributed by atoms with van der Waals surface area (Å²) in [4.78, 5) is 11.8. The minimum atomic E-state index is -3.78. The Kier molecular flexibility index (Phi) is 5.90. The van der Waals surface area contributed by atoms with Crippen LogP contribution in [0.5, 0.6) is 11.5 Å². The van der Waals surface area contributed by atoms with Gasteiger partial charge in [-0.3, -0.25) is 0 Å². The lowest BCUT2D eigenvalue weighted by Crippen LogP contribution is -2.30. The molecule has 0 aromatic heterocycles. The summed E-state index contributed by atoms with van der Waals surface area (Å²) in [7, 11) is 0.577. The van der Waals surface area contributed by atoms with Crippen LogP contribution in [0.1, 0.15) is 34.8 Å². The zero-order chi connectivity index (χ0) is 20.3. The molecule has 3 rings (SSSR count). The van der Waals surface area contributed by atoms with E-state index in [-0.39, 0.29) is 16.5 Å². The Hall–Kier alpha value is -2.58. The van der Waals surface area contributed by atoms with Crippen LogP contribution in [-0.2, 0) is 14.8 Å². The van der Waals surface area contributed by atoms with E-state index in [1.54, 1.807) is 26.4 Å². The third-order valence-electron chi connectivity index (χ3n) is 4.86. The quantitative estimate of drug-likeness (QED) is 0.687. The summed E-state index contributed by atoms with van der Waals surface area (Å²) in [6, 6.07) is 11.0. The van der Waals surface area contributed by atoms with E-state index in [2.05, 4.69) is 0 Å². The fourth-order valence-electron chi connectivity index (χ4n) is 3.46. The highest BCUT2D eigenvalue weighted by Crippen LogP contribution is 2.39. The van der Waals surface area contributed by atoms with Crippen LogP contribution in [0.25, 0.3) is 0 Å². The van der Waals surface area contributed by atoms with Crippen molar-refractivity contribution in [2.45, 2.75) is 23.8 Å². The van der Waals surface area contributed by atoms with Crippen LogP contribution in [0.4, 0.5) is 0 Å². The zero-order valence-electron chi connectivity index (χ0n) is 16.0. The third kappa shape index (κ3) is 3.70. The average Bonchev–Trinajstić information content (AvgIpc) is 3.23. The molecule has 0 spiro atoms. The molecular weight excluding hydrogens is 382 g/mol. The normalized spacial score (nSPS) is 17.3. The van der Waals surface area contributed by atoms with Gasteiger partial charge < -0.3 is 14.2 Å². The number of methoxy groups -OCH3 is 3. The lowest BCUT2D eigenvalue weighted by molar-refractivity contribution is 0.0600. The van der Waals surface area contributed by atoms with E-state index in [0.29, 0.717) is 24.5 Å². The number of hydrogen-bond acceptors (Lipinski definition) is 6. The summed E-state index contributed by atoms with van der Waals surface area (Å²) >= 11 is 0. The highest BCUT2D eigenvalue weighted by Gasteiger charge is 2.36. The number of hydrogen-bond donors (Lipinski definition) is 0. The molecule has 1 aliphatic rings. The number of carbonyl (C=O) groups is 1. The van der Waals surface area contributed by atoms with E-state index >= 15 is 0 Å². The molecule has 2 aromatic rings. The first kappa shape index (κ1) is 20.2. The first-order valence-corrected chi connectivity index (χ1v) is 10.3. The van der Waals surface area contributed by atoms with E-state index in [9.17, 15) is 13.2 Å². The van der Waals surface area contributed by atoms with Gasteiger partial charge in [0.25, 0.3) is 0 Å². The van der Waals surface area contributed by atoms with Gasteiger partial charge in [-0.05, 0) is 48.7 Å². The summed E-state index contributed by atoms with van der Waals surface area (Å²) < 4.78 is 43.3. The second-order valence-corrected chi connectivity index (χ2v) is 8.30. The van der Waals surface area contributed by atoms with Crippen LogP contribution in [0, 0.1) is 0 Å². The van der Waals surface area contributed by atoms with Gasteiger partial charge in [-0.15, -0.1) is 0 Å². The Morgan fingerprint density at radius 3 is 2.46 bits per heavy atom. The van der Waals surface area contributed by atoms with Gasteiger partial charge in [-0.25, -0.2) is 13.2 Å². The van der Waals surface area contributed by atoms with E-state index in [1.807, 2.05) is 12.1 Å². The van der Waals surface area contributed by atoms with Gasteiger partial charge in [0.15, 0.2) is 11.5 Å². The van der Waals surface area contributed by atoms with Gasteiger partial charge in [-0.1, -0.05) is 12.1 Å². The molecule has 0 unspecified atom stereocenters. The molecule has 1 saturated heterocycles. The molecule has 0 amide bonds. The monoisotopic (exact) mass is 405 g/mol. The van der Waals surface area contributed by atoms with Gasteiger partial charge >= 0.3 is 5.97 Å². The highest BCUT2D eigenvalue weighted by atomic mass is 32.2. The van der Waals surface area contributed by atoms with Crippen molar-refractivity contribution >= 4 is 16.0 Å². The molecule has 7 nitrogen and oxygen atoms in total. The van der Waals surface area contributed by atoms with Crippen molar-refractivity contribution in [1.82, 2.24) is 4.31 Å². The first-order chi connectivity index (χ1) is 13.4. The molecule has 8 heteroatoms. The molecule has 1 atom stereocenters. The predicted octanol–water partition coefficient (Wildman–Crippen LogP) is 3.02. The number of esters is 1. The lowest BCUT2D eigenvalue weighted by atomic mass is 10.0. The molecule has 0 saturated carbocycles. The second-order valence-electron chi connectivity index (χ2n) is 6.41. The summed E-state index contributed by atoms with van der Waals surface area (Å²) in [5, 5.41) is 0. The van der Waals surface area contributed by atoms with Crippen molar-refractivity contribution < 1.29 is 27.4 Å². The van der Waals surface area contributed by atoms with Crippen molar-refractivity contribution in [1.29, 1.82) is 0 Å². The number of carbonyl (C=O) groups excluding carboxylic acids is 1. The molecule has 2 aromatic carbocycles. The van der Waals surface area contributed by atoms with Crippen molar-refractivity contribution in [3.8, 4) is 11.5 Å². The van der Waals surface area contributed by atoms with Gasteiger partial charge in [0.1, 0.15) is 0 Å². The predicted molar refractivity (Wildman–Crippen MR) is 103 cm³/mol. The van der Waals surface area contributed by atoms with Crippen LogP contribution in [-0.4, -0.2) is 46.6 Å². The standard InChI is InChI=1S/C20H23NO6S/c1-25-18-10-9-14(13-19(18)26-2)17-8-5-11-21(17)28(23,24)16-7-4-6-15(12-16)20(22)27-3/h4,6-7,9-10,12-13,17H,5,8,11H2,1-3H3/t17-/m0/s1. The van der Waals surface area contributed by atoms with Crippen molar-refractivity contribution in [2.24, 2.45) is 0 Å². The third-order valence-corrected chi connectivity index (χ3v) is 6.76. The Labute approximate surface area is 164 Å². The number of sulfonamides is 1. The number of rotatable bonds is 6. The van der Waals surface area contributed by atoms with Crippen molar-refractivity contribution in [3.63, 3.8) is 0 Å². The smallest absolute Gasteiger partial charge is 0.337 e. The first-order valence-electron chi connectivity index (χ1n) is 8.84. The molecule has 1 fully saturated rings. The minimum Gasteiger partial charge on any atom is -0.493 e. The molecule has 0 aliphatic carbocycles. The number of nitrogens with zero attached hydrogens (tertiary/aromatic N) is 1. The Balaban J connectivity index is 1.97. The second kappa shape index (κ2) is 8.20. The lowest BCUT2D eigenvalue weighted by Gasteiger charge is -2.25. The Morgan fingerprint density at radius 2 is 1.79 bits per heavy atom. The van der Waals surface area contributed by atoms with E-state index < -0.39 is 16.0 Å². The summed E-state index contributed by atoms with van der Waals surface area (Å²) in [6.07, 6.45) is 1.44. The maximum absolute atomic E-state index is 13.3. The van der Waals surface area contributed by atoms with Crippen molar-refractivity contribution in [3.05, 3.63) is 53.6 Å². The molecule has 1 heterocycles. The summed E-state index contributed by atoms with van der Waals surface area (Å²) in [5.41, 5.74) is 1.04. The maximum atomic E-state index is 13.3. The van der Waals surface area contributed by atoms with Crippen LogP contribution in [0.2, 0.25) is 0 Å². The van der Waals surface area contributed by atoms with E-state index in [1.165, 1.54) is 29.6 Å². The fraction of sp³-hybridized carbons (Fsp3) is 0.350. The summed E-state index contributed by atoms with van der Waals surface area (Å²) in [5.74, 6) is 0.566. The molecule has 0 bridgehead atoms. The van der Waals surface area contributed by atoms with Gasteiger partial charge in [0.2, 0.25) is 10.0 Å². The van der Waals surface area contributed by atoms with Crippen LogP contribution in [0.15, 0.2) is 47.4 Å². The topological polar surface area (TPSA) is 82.1 Å². The van der Waals surface area contributed by atoms with Crippen LogP contribution in [0.3, 0.4) is 0 Å². The average molecular weight is 405 g/mol. The number of benzene rings is 2. The maximum Gasteiger partial charge on any atom is 0.337 e. The molecule has 0 N–H and O–H groups in total. The van der Waals surface area contributed by atoms with Gasteiger partial charge in [-0.2, -0.15) is 4.31 Å². The SMILES string of the molecule is COC(=O)c1cccc(S(=O)(=O)N2CCC[C@H]2c2ccc(OC)c(OC)c2)c1. The minimum absolute atomic E-state index is 0.0720. The molecule has 150 valence electrons. The van der Waals surface area contributed by atoms with Crippen molar-refractivity contribution in [2.75, 3.05) is 27.9 Å². The zero-order valence-corrected chi connectivity index (χ0v) is 16.9. The van der Waals surface area contributed by atoms with E-state index in [0.717, 1.165) is 12.0 Å². The summed E-state index contributed by atoms with van der Waals surface area (Å²) in [6.45, 7) is 0.407. The Bertz CT molecular complexity index is 972. The fourth-order valence-corrected chi connectivity index (χ4v) is 5.19. The highest BCUT2D eigenvalue weighted by molar-refractivity contribution is 7.89. The Morgan fingerprint density at radius 1 is 1.04 bits per heavy atom. The molecule has 1 aliphatic heterocycles. The molecule has 0 radical (unpaired) electrons. The number of ether oxygens (including phenoxy) is 3. The largest absolute Gasteiger partial charge is 0.493 e.